The van der Waals surface area contributed by atoms with Gasteiger partial charge in [-0.25, -0.2) is 0 Å². The summed E-state index contributed by atoms with van der Waals surface area (Å²) in [7, 11) is 1.95. The van der Waals surface area contributed by atoms with Crippen molar-refractivity contribution in [3.05, 3.63) is 47.9 Å². The molecule has 1 amide bonds. The van der Waals surface area contributed by atoms with E-state index in [1.54, 1.807) is 24.7 Å². The Morgan fingerprint density at radius 2 is 2.20 bits per heavy atom. The number of hydrogen-bond donors (Lipinski definition) is 2. The van der Waals surface area contributed by atoms with Gasteiger partial charge in [-0.3, -0.25) is 4.79 Å². The quantitative estimate of drug-likeness (QED) is 0.820. The minimum atomic E-state index is -0.108. The van der Waals surface area contributed by atoms with Crippen molar-refractivity contribution in [3.8, 4) is 0 Å². The van der Waals surface area contributed by atoms with Crippen LogP contribution in [-0.2, 0) is 6.54 Å². The second kappa shape index (κ2) is 6.14. The Morgan fingerprint density at radius 1 is 1.40 bits per heavy atom. The van der Waals surface area contributed by atoms with Crippen LogP contribution >= 0.6 is 0 Å². The molecule has 0 saturated carbocycles. The number of carbonyl (C=O) groups excluding carboxylic acids is 1. The van der Waals surface area contributed by atoms with Crippen LogP contribution in [0.15, 0.2) is 41.2 Å². The SMILES string of the molecule is CCNC(=O)c1ccc(N(C)Cc2ccoc2)c(N)c1. The largest absolute Gasteiger partial charge is 0.472 e. The van der Waals surface area contributed by atoms with Gasteiger partial charge in [0.2, 0.25) is 0 Å². The summed E-state index contributed by atoms with van der Waals surface area (Å²) in [6.07, 6.45) is 3.35. The summed E-state index contributed by atoms with van der Waals surface area (Å²) >= 11 is 0. The molecule has 20 heavy (non-hydrogen) atoms. The first-order valence-corrected chi connectivity index (χ1v) is 6.51. The molecule has 0 spiro atoms. The van der Waals surface area contributed by atoms with Gasteiger partial charge < -0.3 is 20.4 Å². The molecule has 106 valence electrons. The molecular formula is C15H19N3O2. The summed E-state index contributed by atoms with van der Waals surface area (Å²) in [6.45, 7) is 3.18. The molecule has 1 aromatic heterocycles. The van der Waals surface area contributed by atoms with Crippen LogP contribution in [-0.4, -0.2) is 19.5 Å². The van der Waals surface area contributed by atoms with Gasteiger partial charge in [-0.1, -0.05) is 0 Å². The molecule has 0 aliphatic carbocycles. The molecule has 0 atom stereocenters. The molecule has 5 nitrogen and oxygen atoms in total. The number of benzene rings is 1. The lowest BCUT2D eigenvalue weighted by Crippen LogP contribution is -2.23. The number of amides is 1. The lowest BCUT2D eigenvalue weighted by molar-refractivity contribution is 0.0956. The number of carbonyl (C=O) groups is 1. The van der Waals surface area contributed by atoms with E-state index in [-0.39, 0.29) is 5.91 Å². The highest BCUT2D eigenvalue weighted by Crippen LogP contribution is 2.24. The smallest absolute Gasteiger partial charge is 0.251 e. The van der Waals surface area contributed by atoms with Crippen molar-refractivity contribution < 1.29 is 9.21 Å². The van der Waals surface area contributed by atoms with E-state index < -0.39 is 0 Å². The lowest BCUT2D eigenvalue weighted by Gasteiger charge is -2.20. The van der Waals surface area contributed by atoms with Crippen molar-refractivity contribution in [1.29, 1.82) is 0 Å². The fourth-order valence-corrected chi connectivity index (χ4v) is 2.05. The van der Waals surface area contributed by atoms with E-state index in [0.29, 0.717) is 24.3 Å². The van der Waals surface area contributed by atoms with Gasteiger partial charge in [-0.05, 0) is 31.2 Å². The predicted molar refractivity (Wildman–Crippen MR) is 79.7 cm³/mol. The number of anilines is 2. The molecule has 1 heterocycles. The number of furan rings is 1. The van der Waals surface area contributed by atoms with Crippen molar-refractivity contribution in [1.82, 2.24) is 5.32 Å². The maximum absolute atomic E-state index is 11.7. The predicted octanol–water partition coefficient (Wildman–Crippen LogP) is 2.25. The highest BCUT2D eigenvalue weighted by atomic mass is 16.3. The van der Waals surface area contributed by atoms with Crippen LogP contribution in [0.3, 0.4) is 0 Å². The van der Waals surface area contributed by atoms with Gasteiger partial charge in [-0.2, -0.15) is 0 Å². The van der Waals surface area contributed by atoms with Crippen LogP contribution in [0.25, 0.3) is 0 Å². The van der Waals surface area contributed by atoms with E-state index >= 15 is 0 Å². The second-order valence-corrected chi connectivity index (χ2v) is 4.62. The van der Waals surface area contributed by atoms with Crippen molar-refractivity contribution in [3.63, 3.8) is 0 Å². The molecule has 0 bridgehead atoms. The summed E-state index contributed by atoms with van der Waals surface area (Å²) in [5.41, 5.74) is 9.15. The summed E-state index contributed by atoms with van der Waals surface area (Å²) in [5.74, 6) is -0.108. The van der Waals surface area contributed by atoms with Crippen molar-refractivity contribution in [2.24, 2.45) is 0 Å². The summed E-state index contributed by atoms with van der Waals surface area (Å²) in [5, 5.41) is 2.75. The topological polar surface area (TPSA) is 71.5 Å². The summed E-state index contributed by atoms with van der Waals surface area (Å²) < 4.78 is 5.05. The van der Waals surface area contributed by atoms with Gasteiger partial charge in [0.05, 0.1) is 23.9 Å². The Balaban J connectivity index is 2.14. The van der Waals surface area contributed by atoms with Gasteiger partial charge in [-0.15, -0.1) is 0 Å². The number of rotatable bonds is 5. The van der Waals surface area contributed by atoms with Crippen LogP contribution in [0.5, 0.6) is 0 Å². The van der Waals surface area contributed by atoms with Crippen LogP contribution in [0.1, 0.15) is 22.8 Å². The van der Waals surface area contributed by atoms with Crippen LogP contribution < -0.4 is 16.0 Å². The first-order valence-electron chi connectivity index (χ1n) is 6.51. The molecular weight excluding hydrogens is 254 g/mol. The first kappa shape index (κ1) is 14.0. The molecule has 2 aromatic rings. The Kier molecular flexibility index (Phi) is 4.30. The average molecular weight is 273 g/mol. The Bertz CT molecular complexity index is 579. The molecule has 3 N–H and O–H groups in total. The highest BCUT2D eigenvalue weighted by Gasteiger charge is 2.10. The Hall–Kier alpha value is -2.43. The standard InChI is InChI=1S/C15H19N3O2/c1-3-17-15(19)12-4-5-14(13(16)8-12)18(2)9-11-6-7-20-10-11/h4-8,10H,3,9,16H2,1-2H3,(H,17,19). The molecule has 0 aliphatic rings. The van der Waals surface area contributed by atoms with Crippen molar-refractivity contribution in [2.75, 3.05) is 24.2 Å². The molecule has 0 fully saturated rings. The van der Waals surface area contributed by atoms with E-state index in [1.165, 1.54) is 0 Å². The van der Waals surface area contributed by atoms with Gasteiger partial charge in [0.1, 0.15) is 0 Å². The van der Waals surface area contributed by atoms with Crippen LogP contribution in [0.4, 0.5) is 11.4 Å². The van der Waals surface area contributed by atoms with Gasteiger partial charge in [0.25, 0.3) is 5.91 Å². The number of nitrogens with two attached hydrogens (primary N) is 1. The van der Waals surface area contributed by atoms with E-state index in [9.17, 15) is 4.79 Å². The third-order valence-electron chi connectivity index (χ3n) is 3.04. The minimum Gasteiger partial charge on any atom is -0.472 e. The van der Waals surface area contributed by atoms with Gasteiger partial charge in [0.15, 0.2) is 0 Å². The molecule has 1 aromatic carbocycles. The molecule has 2 rings (SSSR count). The van der Waals surface area contributed by atoms with E-state index in [1.807, 2.05) is 31.0 Å². The number of hydrogen-bond acceptors (Lipinski definition) is 4. The zero-order valence-electron chi connectivity index (χ0n) is 11.7. The van der Waals surface area contributed by atoms with E-state index in [0.717, 1.165) is 11.3 Å². The van der Waals surface area contributed by atoms with Crippen molar-refractivity contribution in [2.45, 2.75) is 13.5 Å². The number of nitrogens with one attached hydrogen (secondary N) is 1. The van der Waals surface area contributed by atoms with Crippen molar-refractivity contribution >= 4 is 17.3 Å². The molecule has 0 unspecified atom stereocenters. The van der Waals surface area contributed by atoms with Crippen LogP contribution in [0.2, 0.25) is 0 Å². The summed E-state index contributed by atoms with van der Waals surface area (Å²) in [4.78, 5) is 13.8. The highest BCUT2D eigenvalue weighted by molar-refractivity contribution is 5.96. The molecule has 0 radical (unpaired) electrons. The molecule has 0 saturated heterocycles. The van der Waals surface area contributed by atoms with E-state index in [2.05, 4.69) is 5.32 Å². The van der Waals surface area contributed by atoms with Gasteiger partial charge >= 0.3 is 0 Å². The number of nitrogens with zero attached hydrogens (tertiary/aromatic N) is 1. The molecule has 0 aliphatic heterocycles. The fourth-order valence-electron chi connectivity index (χ4n) is 2.05. The zero-order chi connectivity index (χ0) is 14.5. The Morgan fingerprint density at radius 3 is 2.80 bits per heavy atom. The zero-order valence-corrected chi connectivity index (χ0v) is 11.7. The average Bonchev–Trinajstić information content (AvgIpc) is 2.91. The minimum absolute atomic E-state index is 0.108. The van der Waals surface area contributed by atoms with Crippen LogP contribution in [0, 0.1) is 0 Å². The molecule has 5 heteroatoms. The van der Waals surface area contributed by atoms with E-state index in [4.69, 9.17) is 10.2 Å². The lowest BCUT2D eigenvalue weighted by atomic mass is 10.1. The third-order valence-corrected chi connectivity index (χ3v) is 3.04. The fraction of sp³-hybridized carbons (Fsp3) is 0.267. The monoisotopic (exact) mass is 273 g/mol. The Labute approximate surface area is 118 Å². The maximum atomic E-state index is 11.7. The van der Waals surface area contributed by atoms with Gasteiger partial charge in [0, 0.05) is 31.3 Å². The first-order chi connectivity index (χ1) is 9.61. The summed E-state index contributed by atoms with van der Waals surface area (Å²) in [6, 6.07) is 7.25. The third kappa shape index (κ3) is 3.12. The second-order valence-electron chi connectivity index (χ2n) is 4.62. The normalized spacial score (nSPS) is 10.3. The number of nitrogen functional groups attached to an aromatic ring is 1. The maximum Gasteiger partial charge on any atom is 0.251 e.